The van der Waals surface area contributed by atoms with Crippen molar-refractivity contribution in [2.75, 3.05) is 13.7 Å². The molecule has 1 aliphatic carbocycles. The molecule has 2 rings (SSSR count). The van der Waals surface area contributed by atoms with E-state index in [4.69, 9.17) is 4.74 Å². The van der Waals surface area contributed by atoms with Crippen LogP contribution in [-0.4, -0.2) is 19.7 Å². The SMILES string of the molecule is COc1cccc(CCNC2CC2)c1. The van der Waals surface area contributed by atoms with Gasteiger partial charge in [0.1, 0.15) is 5.75 Å². The standard InChI is InChI=1S/C12H17NO/c1-14-12-4-2-3-10(9-12)7-8-13-11-5-6-11/h2-4,9,11,13H,5-8H2,1H3. The van der Waals surface area contributed by atoms with Crippen LogP contribution in [0.3, 0.4) is 0 Å². The lowest BCUT2D eigenvalue weighted by atomic mass is 10.1. The molecule has 0 saturated heterocycles. The van der Waals surface area contributed by atoms with Crippen LogP contribution >= 0.6 is 0 Å². The normalized spacial score (nSPS) is 15.5. The van der Waals surface area contributed by atoms with Gasteiger partial charge in [0.25, 0.3) is 0 Å². The van der Waals surface area contributed by atoms with E-state index in [9.17, 15) is 0 Å². The second-order valence-corrected chi connectivity index (χ2v) is 3.83. The van der Waals surface area contributed by atoms with E-state index in [0.29, 0.717) is 0 Å². The largest absolute Gasteiger partial charge is 0.497 e. The van der Waals surface area contributed by atoms with E-state index >= 15 is 0 Å². The molecule has 0 radical (unpaired) electrons. The summed E-state index contributed by atoms with van der Waals surface area (Å²) in [5.74, 6) is 0.953. The van der Waals surface area contributed by atoms with Crippen LogP contribution in [0.1, 0.15) is 18.4 Å². The fraction of sp³-hybridized carbons (Fsp3) is 0.500. The smallest absolute Gasteiger partial charge is 0.119 e. The predicted molar refractivity (Wildman–Crippen MR) is 57.7 cm³/mol. The van der Waals surface area contributed by atoms with Crippen LogP contribution in [0, 0.1) is 0 Å². The molecular formula is C12H17NO. The van der Waals surface area contributed by atoms with Gasteiger partial charge in [0, 0.05) is 6.04 Å². The molecule has 0 atom stereocenters. The third kappa shape index (κ3) is 2.74. The molecule has 0 aliphatic heterocycles. The summed E-state index contributed by atoms with van der Waals surface area (Å²) in [5, 5.41) is 3.50. The zero-order valence-electron chi connectivity index (χ0n) is 8.62. The Bertz CT molecular complexity index is 294. The lowest BCUT2D eigenvalue weighted by Gasteiger charge is -2.05. The van der Waals surface area contributed by atoms with Crippen LogP contribution in [0.5, 0.6) is 5.75 Å². The number of rotatable bonds is 5. The monoisotopic (exact) mass is 191 g/mol. The van der Waals surface area contributed by atoms with Crippen molar-refractivity contribution in [2.24, 2.45) is 0 Å². The van der Waals surface area contributed by atoms with Gasteiger partial charge >= 0.3 is 0 Å². The molecule has 0 bridgehead atoms. The van der Waals surface area contributed by atoms with Gasteiger partial charge in [-0.2, -0.15) is 0 Å². The highest BCUT2D eigenvalue weighted by atomic mass is 16.5. The molecule has 1 saturated carbocycles. The van der Waals surface area contributed by atoms with Crippen LogP contribution < -0.4 is 10.1 Å². The topological polar surface area (TPSA) is 21.3 Å². The van der Waals surface area contributed by atoms with Gasteiger partial charge in [0.2, 0.25) is 0 Å². The van der Waals surface area contributed by atoms with Gasteiger partial charge in [-0.25, -0.2) is 0 Å². The van der Waals surface area contributed by atoms with E-state index in [-0.39, 0.29) is 0 Å². The minimum atomic E-state index is 0.806. The van der Waals surface area contributed by atoms with Crippen molar-refractivity contribution < 1.29 is 4.74 Å². The number of hydrogen-bond acceptors (Lipinski definition) is 2. The quantitative estimate of drug-likeness (QED) is 0.768. The summed E-state index contributed by atoms with van der Waals surface area (Å²) in [6.45, 7) is 1.08. The summed E-state index contributed by atoms with van der Waals surface area (Å²) < 4.78 is 5.17. The molecule has 1 aromatic carbocycles. The first kappa shape index (κ1) is 9.53. The van der Waals surface area contributed by atoms with Gasteiger partial charge in [-0.3, -0.25) is 0 Å². The van der Waals surface area contributed by atoms with Crippen LogP contribution in [0.15, 0.2) is 24.3 Å². The van der Waals surface area contributed by atoms with Crippen LogP contribution in [0.4, 0.5) is 0 Å². The lowest BCUT2D eigenvalue weighted by molar-refractivity contribution is 0.414. The number of methoxy groups -OCH3 is 1. The third-order valence-corrected chi connectivity index (χ3v) is 2.56. The van der Waals surface area contributed by atoms with Crippen molar-refractivity contribution in [3.05, 3.63) is 29.8 Å². The van der Waals surface area contributed by atoms with Crippen molar-refractivity contribution in [3.63, 3.8) is 0 Å². The Kier molecular flexibility index (Phi) is 3.04. The molecule has 2 heteroatoms. The second kappa shape index (κ2) is 4.47. The Morgan fingerprint density at radius 3 is 3.00 bits per heavy atom. The Morgan fingerprint density at radius 1 is 1.43 bits per heavy atom. The third-order valence-electron chi connectivity index (χ3n) is 2.56. The summed E-state index contributed by atoms with van der Waals surface area (Å²) in [6, 6.07) is 9.09. The zero-order valence-corrected chi connectivity index (χ0v) is 8.62. The van der Waals surface area contributed by atoms with E-state index in [2.05, 4.69) is 17.4 Å². The second-order valence-electron chi connectivity index (χ2n) is 3.83. The maximum Gasteiger partial charge on any atom is 0.119 e. The first-order valence-electron chi connectivity index (χ1n) is 5.25. The maximum absolute atomic E-state index is 5.17. The molecule has 0 spiro atoms. The van der Waals surface area contributed by atoms with Gasteiger partial charge in [-0.1, -0.05) is 12.1 Å². The Hall–Kier alpha value is -1.02. The number of ether oxygens (including phenoxy) is 1. The fourth-order valence-electron chi connectivity index (χ4n) is 1.54. The van der Waals surface area contributed by atoms with Crippen molar-refractivity contribution in [3.8, 4) is 5.75 Å². The number of benzene rings is 1. The maximum atomic E-state index is 5.17. The summed E-state index contributed by atoms with van der Waals surface area (Å²) in [7, 11) is 1.71. The molecule has 14 heavy (non-hydrogen) atoms. The fourth-order valence-corrected chi connectivity index (χ4v) is 1.54. The average molecular weight is 191 g/mol. The number of hydrogen-bond donors (Lipinski definition) is 1. The Balaban J connectivity index is 1.81. The van der Waals surface area contributed by atoms with E-state index in [1.54, 1.807) is 7.11 Å². The summed E-state index contributed by atoms with van der Waals surface area (Å²) >= 11 is 0. The molecule has 1 fully saturated rings. The molecule has 2 nitrogen and oxygen atoms in total. The molecule has 1 aliphatic rings. The van der Waals surface area contributed by atoms with Crippen molar-refractivity contribution in [2.45, 2.75) is 25.3 Å². The lowest BCUT2D eigenvalue weighted by Crippen LogP contribution is -2.19. The first-order chi connectivity index (χ1) is 6.88. The van der Waals surface area contributed by atoms with Crippen LogP contribution in [-0.2, 0) is 6.42 Å². The molecule has 0 unspecified atom stereocenters. The minimum Gasteiger partial charge on any atom is -0.497 e. The van der Waals surface area contributed by atoms with E-state index in [0.717, 1.165) is 24.8 Å². The molecule has 0 aromatic heterocycles. The van der Waals surface area contributed by atoms with Crippen molar-refractivity contribution >= 4 is 0 Å². The zero-order chi connectivity index (χ0) is 9.80. The predicted octanol–water partition coefficient (Wildman–Crippen LogP) is 1.99. The molecule has 0 heterocycles. The summed E-state index contributed by atoms with van der Waals surface area (Å²) in [6.07, 6.45) is 3.81. The highest BCUT2D eigenvalue weighted by Gasteiger charge is 2.19. The Morgan fingerprint density at radius 2 is 2.29 bits per heavy atom. The molecule has 76 valence electrons. The average Bonchev–Trinajstić information content (AvgIpc) is 3.02. The Labute approximate surface area is 85.3 Å². The van der Waals surface area contributed by atoms with Gasteiger partial charge < -0.3 is 10.1 Å². The molecule has 1 aromatic rings. The summed E-state index contributed by atoms with van der Waals surface area (Å²) in [4.78, 5) is 0. The highest BCUT2D eigenvalue weighted by Crippen LogP contribution is 2.18. The van der Waals surface area contributed by atoms with Crippen LogP contribution in [0.2, 0.25) is 0 Å². The van der Waals surface area contributed by atoms with E-state index < -0.39 is 0 Å². The van der Waals surface area contributed by atoms with Crippen molar-refractivity contribution in [1.82, 2.24) is 5.32 Å². The summed E-state index contributed by atoms with van der Waals surface area (Å²) in [5.41, 5.74) is 1.34. The molecule has 1 N–H and O–H groups in total. The van der Waals surface area contributed by atoms with Gasteiger partial charge in [0.15, 0.2) is 0 Å². The van der Waals surface area contributed by atoms with Gasteiger partial charge in [-0.05, 0) is 43.5 Å². The number of nitrogens with one attached hydrogen (secondary N) is 1. The van der Waals surface area contributed by atoms with E-state index in [1.165, 1.54) is 18.4 Å². The van der Waals surface area contributed by atoms with Gasteiger partial charge in [0.05, 0.1) is 7.11 Å². The molecule has 0 amide bonds. The van der Waals surface area contributed by atoms with Crippen LogP contribution in [0.25, 0.3) is 0 Å². The van der Waals surface area contributed by atoms with Crippen molar-refractivity contribution in [1.29, 1.82) is 0 Å². The minimum absolute atomic E-state index is 0.806. The first-order valence-corrected chi connectivity index (χ1v) is 5.25. The van der Waals surface area contributed by atoms with Gasteiger partial charge in [-0.15, -0.1) is 0 Å². The van der Waals surface area contributed by atoms with E-state index in [1.807, 2.05) is 12.1 Å². The molecular weight excluding hydrogens is 174 g/mol. The highest BCUT2D eigenvalue weighted by molar-refractivity contribution is 5.28.